The highest BCUT2D eigenvalue weighted by atomic mass is 35.5. The Hall–Kier alpha value is -1.92. The van der Waals surface area contributed by atoms with Gasteiger partial charge in [-0.05, 0) is 36.3 Å². The van der Waals surface area contributed by atoms with Gasteiger partial charge in [0.2, 0.25) is 0 Å². The SMILES string of the molecule is CC1C2CC1CN(c1c(-c3c(F)cccc3Cl)c(Cl)nc3ncnn13)C2. The Morgan fingerprint density at radius 1 is 1.15 bits per heavy atom. The number of fused-ring (bicyclic) bond motifs is 3. The Morgan fingerprint density at radius 2 is 1.92 bits per heavy atom. The first-order valence-electron chi connectivity index (χ1n) is 8.63. The van der Waals surface area contributed by atoms with Crippen LogP contribution in [0, 0.1) is 23.6 Å². The fourth-order valence-electron chi connectivity index (χ4n) is 4.35. The van der Waals surface area contributed by atoms with Gasteiger partial charge in [-0.15, -0.1) is 0 Å². The van der Waals surface area contributed by atoms with Gasteiger partial charge in [-0.1, -0.05) is 36.2 Å². The summed E-state index contributed by atoms with van der Waals surface area (Å²) in [6.45, 7) is 4.06. The number of hydrogen-bond acceptors (Lipinski definition) is 4. The van der Waals surface area contributed by atoms with Crippen LogP contribution < -0.4 is 4.90 Å². The number of rotatable bonds is 2. The average Bonchev–Trinajstić information content (AvgIpc) is 3.09. The van der Waals surface area contributed by atoms with Gasteiger partial charge < -0.3 is 4.90 Å². The molecule has 0 spiro atoms. The fraction of sp³-hybridized carbons (Fsp3) is 0.389. The molecule has 4 heterocycles. The molecule has 3 aromatic rings. The third-order valence-electron chi connectivity index (χ3n) is 5.87. The van der Waals surface area contributed by atoms with Crippen LogP contribution in [0.25, 0.3) is 16.9 Å². The largest absolute Gasteiger partial charge is 0.355 e. The Morgan fingerprint density at radius 3 is 2.62 bits per heavy atom. The predicted molar refractivity (Wildman–Crippen MR) is 99.2 cm³/mol. The van der Waals surface area contributed by atoms with Gasteiger partial charge in [0.05, 0.1) is 10.6 Å². The van der Waals surface area contributed by atoms with Gasteiger partial charge in [0.1, 0.15) is 23.1 Å². The highest BCUT2D eigenvalue weighted by molar-refractivity contribution is 6.36. The molecule has 5 nitrogen and oxygen atoms in total. The van der Waals surface area contributed by atoms with Gasteiger partial charge in [-0.25, -0.2) is 4.39 Å². The molecule has 6 rings (SSSR count). The van der Waals surface area contributed by atoms with E-state index in [4.69, 9.17) is 23.2 Å². The molecule has 0 radical (unpaired) electrons. The number of hydrogen-bond donors (Lipinski definition) is 0. The van der Waals surface area contributed by atoms with E-state index in [1.807, 2.05) is 0 Å². The zero-order valence-electron chi connectivity index (χ0n) is 14.0. The molecule has 3 aliphatic rings. The number of aromatic nitrogens is 4. The van der Waals surface area contributed by atoms with E-state index in [1.54, 1.807) is 16.6 Å². The molecule has 8 heteroatoms. The summed E-state index contributed by atoms with van der Waals surface area (Å²) in [7, 11) is 0. The topological polar surface area (TPSA) is 46.3 Å². The smallest absolute Gasteiger partial charge is 0.255 e. The lowest BCUT2D eigenvalue weighted by molar-refractivity contribution is 0.0633. The van der Waals surface area contributed by atoms with E-state index in [1.165, 1.54) is 18.8 Å². The molecule has 2 aliphatic heterocycles. The van der Waals surface area contributed by atoms with Crippen molar-refractivity contribution in [1.82, 2.24) is 19.6 Å². The van der Waals surface area contributed by atoms with Gasteiger partial charge in [0.25, 0.3) is 5.78 Å². The second kappa shape index (κ2) is 5.79. The summed E-state index contributed by atoms with van der Waals surface area (Å²) in [4.78, 5) is 10.7. The van der Waals surface area contributed by atoms with Gasteiger partial charge in [0.15, 0.2) is 0 Å². The van der Waals surface area contributed by atoms with Crippen molar-refractivity contribution in [3.8, 4) is 11.1 Å². The van der Waals surface area contributed by atoms with Crippen molar-refractivity contribution >= 4 is 34.8 Å². The van der Waals surface area contributed by atoms with Crippen LogP contribution in [0.15, 0.2) is 24.5 Å². The molecule has 2 bridgehead atoms. The minimum atomic E-state index is -0.433. The van der Waals surface area contributed by atoms with Crippen molar-refractivity contribution < 1.29 is 4.39 Å². The molecular formula is C18H16Cl2FN5. The zero-order valence-corrected chi connectivity index (χ0v) is 15.5. The highest BCUT2D eigenvalue weighted by Gasteiger charge is 2.45. The van der Waals surface area contributed by atoms with Crippen molar-refractivity contribution in [1.29, 1.82) is 0 Å². The summed E-state index contributed by atoms with van der Waals surface area (Å²) in [5, 5.41) is 4.79. The van der Waals surface area contributed by atoms with Gasteiger partial charge in [-0.3, -0.25) is 0 Å². The predicted octanol–water partition coefficient (Wildman–Crippen LogP) is 4.33. The molecule has 2 saturated heterocycles. The lowest BCUT2D eigenvalue weighted by atomic mass is 9.62. The lowest BCUT2D eigenvalue weighted by Gasteiger charge is -2.53. The molecule has 0 amide bonds. The van der Waals surface area contributed by atoms with E-state index in [0.717, 1.165) is 19.0 Å². The zero-order chi connectivity index (χ0) is 18.0. The van der Waals surface area contributed by atoms with E-state index < -0.39 is 5.82 Å². The maximum absolute atomic E-state index is 14.7. The van der Waals surface area contributed by atoms with Crippen LogP contribution in [-0.2, 0) is 0 Å². The van der Waals surface area contributed by atoms with Crippen LogP contribution in [0.1, 0.15) is 13.3 Å². The molecule has 1 saturated carbocycles. The van der Waals surface area contributed by atoms with Crippen molar-refractivity contribution in [2.45, 2.75) is 13.3 Å². The molecule has 2 unspecified atom stereocenters. The highest BCUT2D eigenvalue weighted by Crippen LogP contribution is 2.49. The molecule has 1 aliphatic carbocycles. The Labute approximate surface area is 159 Å². The van der Waals surface area contributed by atoms with Crippen LogP contribution in [-0.4, -0.2) is 32.7 Å². The average molecular weight is 392 g/mol. The number of piperidine rings is 2. The molecule has 2 atom stereocenters. The number of benzene rings is 1. The Balaban J connectivity index is 1.77. The Bertz CT molecular complexity index is 988. The minimum Gasteiger partial charge on any atom is -0.355 e. The maximum atomic E-state index is 14.7. The summed E-state index contributed by atoms with van der Waals surface area (Å²) in [5.74, 6) is 2.65. The van der Waals surface area contributed by atoms with Crippen molar-refractivity contribution in [2.75, 3.05) is 18.0 Å². The second-order valence-electron chi connectivity index (χ2n) is 7.19. The van der Waals surface area contributed by atoms with Gasteiger partial charge in [-0.2, -0.15) is 19.6 Å². The van der Waals surface area contributed by atoms with E-state index in [2.05, 4.69) is 26.9 Å². The lowest BCUT2D eigenvalue weighted by Crippen LogP contribution is -2.54. The summed E-state index contributed by atoms with van der Waals surface area (Å²) in [5.41, 5.74) is 0.730. The van der Waals surface area contributed by atoms with Crippen molar-refractivity contribution in [3.05, 3.63) is 40.5 Å². The van der Waals surface area contributed by atoms with Crippen LogP contribution in [0.2, 0.25) is 10.2 Å². The summed E-state index contributed by atoms with van der Waals surface area (Å²) in [6.07, 6.45) is 2.68. The summed E-state index contributed by atoms with van der Waals surface area (Å²) >= 11 is 12.8. The van der Waals surface area contributed by atoms with Crippen LogP contribution in [0.5, 0.6) is 0 Å². The van der Waals surface area contributed by atoms with E-state index >= 15 is 0 Å². The Kier molecular flexibility index (Phi) is 3.62. The number of nitrogens with zero attached hydrogens (tertiary/aromatic N) is 5. The normalized spacial score (nSPS) is 24.8. The molecule has 0 N–H and O–H groups in total. The monoisotopic (exact) mass is 391 g/mol. The molecule has 134 valence electrons. The van der Waals surface area contributed by atoms with Gasteiger partial charge >= 0.3 is 0 Å². The molecular weight excluding hydrogens is 376 g/mol. The first-order valence-corrected chi connectivity index (χ1v) is 9.38. The van der Waals surface area contributed by atoms with Crippen LogP contribution in [0.4, 0.5) is 10.2 Å². The molecule has 2 aromatic heterocycles. The second-order valence-corrected chi connectivity index (χ2v) is 7.95. The number of halogens is 3. The third-order valence-corrected chi connectivity index (χ3v) is 6.46. The summed E-state index contributed by atoms with van der Waals surface area (Å²) in [6, 6.07) is 4.61. The van der Waals surface area contributed by atoms with E-state index in [-0.39, 0.29) is 10.7 Å². The van der Waals surface area contributed by atoms with E-state index in [9.17, 15) is 4.39 Å². The van der Waals surface area contributed by atoms with E-state index in [0.29, 0.717) is 34.0 Å². The first-order chi connectivity index (χ1) is 12.5. The maximum Gasteiger partial charge on any atom is 0.255 e. The molecule has 3 fully saturated rings. The van der Waals surface area contributed by atoms with Crippen molar-refractivity contribution in [3.63, 3.8) is 0 Å². The fourth-order valence-corrected chi connectivity index (χ4v) is 4.86. The van der Waals surface area contributed by atoms with Gasteiger partial charge in [0, 0.05) is 18.7 Å². The molecule has 26 heavy (non-hydrogen) atoms. The van der Waals surface area contributed by atoms with Crippen molar-refractivity contribution in [2.24, 2.45) is 17.8 Å². The van der Waals surface area contributed by atoms with Crippen LogP contribution >= 0.6 is 23.2 Å². The quantitative estimate of drug-likeness (QED) is 0.609. The standard InChI is InChI=1S/C18H16Cl2FN5/c1-9-10-5-11(9)7-25(6-10)17-15(14-12(19)3-2-4-13(14)21)16(20)24-18-22-8-23-26(17)18/h2-4,8-11H,5-7H2,1H3. The van der Waals surface area contributed by atoms with Crippen LogP contribution in [0.3, 0.4) is 0 Å². The third kappa shape index (κ3) is 2.25. The first kappa shape index (κ1) is 16.3. The number of anilines is 1. The minimum absolute atomic E-state index is 0.180. The molecule has 1 aromatic carbocycles. The summed E-state index contributed by atoms with van der Waals surface area (Å²) < 4.78 is 16.3.